The van der Waals surface area contributed by atoms with Crippen LogP contribution in [0.3, 0.4) is 0 Å². The Bertz CT molecular complexity index is 1610. The van der Waals surface area contributed by atoms with E-state index in [1.54, 1.807) is 0 Å². The van der Waals surface area contributed by atoms with Gasteiger partial charge in [0, 0.05) is 6.92 Å². The third-order valence-corrected chi connectivity index (χ3v) is 11.1. The van der Waals surface area contributed by atoms with Gasteiger partial charge in [-0.15, -0.1) is 0 Å². The third-order valence-electron chi connectivity index (χ3n) is 6.47. The number of nitrogens with two attached hydrogens (primary N) is 1. The van der Waals surface area contributed by atoms with Crippen LogP contribution in [0.25, 0.3) is 11.2 Å². The van der Waals surface area contributed by atoms with E-state index in [-0.39, 0.29) is 28.0 Å². The molecule has 0 radical (unpaired) electrons. The highest BCUT2D eigenvalue weighted by molar-refractivity contribution is 8.82. The molecule has 264 valence electrons. The monoisotopic (exact) mass is 750 g/mol. The van der Waals surface area contributed by atoms with Crippen LogP contribution >= 0.6 is 37.2 Å². The first-order valence-electron chi connectivity index (χ1n) is 13.0. The summed E-state index contributed by atoms with van der Waals surface area (Å²) in [7, 11) is -10.4. The number of carbonyl (C=O) groups is 2. The lowest BCUT2D eigenvalue weighted by Crippen LogP contribution is -2.64. The molecule has 0 spiro atoms. The molecule has 2 aromatic rings. The van der Waals surface area contributed by atoms with Crippen molar-refractivity contribution >= 4 is 65.4 Å². The Morgan fingerprint density at radius 1 is 1.13 bits per heavy atom. The lowest BCUT2D eigenvalue weighted by Gasteiger charge is -2.44. The maximum atomic E-state index is 12.6. The van der Waals surface area contributed by atoms with Crippen LogP contribution < -0.4 is 26.4 Å². The minimum atomic E-state index is -6.03. The van der Waals surface area contributed by atoms with Crippen LogP contribution in [-0.4, -0.2) is 124 Å². The Hall–Kier alpha value is -2.03. The quantitative estimate of drug-likeness (QED) is 0.0703. The highest BCUT2D eigenvalue weighted by atomic mass is 33.1. The SMILES string of the molecule is CC(=O)SSCC(=O)NC1C(OP(=O)([O-])OP(=O)([O-])OCC2OC(n3cnc4c(=O)[nH]c(N)nc43)C(O)C2O)OC(CO)C(O)C1O. The number of anilines is 1. The van der Waals surface area contributed by atoms with Crippen molar-refractivity contribution in [3.8, 4) is 0 Å². The zero-order valence-electron chi connectivity index (χ0n) is 23.7. The number of imidazole rings is 1. The molecule has 23 nitrogen and oxygen atoms in total. The number of phosphoric ester groups is 2. The van der Waals surface area contributed by atoms with Crippen molar-refractivity contribution in [1.82, 2.24) is 24.8 Å². The largest absolute Gasteiger partial charge is 0.756 e. The number of amides is 1. The Morgan fingerprint density at radius 2 is 1.81 bits per heavy atom. The van der Waals surface area contributed by atoms with E-state index in [0.717, 1.165) is 21.7 Å². The zero-order valence-corrected chi connectivity index (χ0v) is 27.1. The molecular formula is C20H28N6O17P2S2-2. The smallest absolute Gasteiger partial charge is 0.280 e. The average molecular weight is 751 g/mol. The van der Waals surface area contributed by atoms with E-state index in [4.69, 9.17) is 15.2 Å². The molecule has 4 heterocycles. The number of aliphatic hydroxyl groups excluding tert-OH is 5. The first-order chi connectivity index (χ1) is 21.9. The number of nitrogens with zero attached hydrogens (tertiary/aromatic N) is 3. The molecule has 2 aliphatic rings. The number of fused-ring (bicyclic) bond motifs is 1. The summed E-state index contributed by atoms with van der Waals surface area (Å²) in [5.41, 5.74) is 4.46. The standard InChI is InChI=1S/C20H30N6O17P2S2/c1-6(28)47-46-4-9(29)23-10-14(32)12(30)7(2-27)41-19(10)42-45(37,38)43-44(35,36)39-3-8-13(31)15(33)18(40-8)26-5-22-11-16(26)24-20(21)25-17(11)34/h5,7-8,10,12-15,18-19,27,30-33H,2-4H2,1H3,(H,23,29)(H,35,36)(H,37,38)(H3,21,24,25,34)/p-2. The fourth-order valence-electron chi connectivity index (χ4n) is 4.40. The van der Waals surface area contributed by atoms with Crippen LogP contribution in [0.1, 0.15) is 13.2 Å². The number of H-pyrrole nitrogens is 1. The fraction of sp³-hybridized carbons (Fsp3) is 0.650. The van der Waals surface area contributed by atoms with Crippen LogP contribution in [-0.2, 0) is 41.6 Å². The highest BCUT2D eigenvalue weighted by Crippen LogP contribution is 2.57. The van der Waals surface area contributed by atoms with Gasteiger partial charge in [-0.05, 0) is 10.8 Å². The van der Waals surface area contributed by atoms with Crippen LogP contribution in [0.4, 0.5) is 5.95 Å². The number of hydrogen-bond acceptors (Lipinski definition) is 22. The summed E-state index contributed by atoms with van der Waals surface area (Å²) in [6, 6.07) is -1.86. The van der Waals surface area contributed by atoms with Crippen molar-refractivity contribution < 1.29 is 76.9 Å². The molecular weight excluding hydrogens is 722 g/mol. The number of carbonyl (C=O) groups excluding carboxylic acids is 2. The van der Waals surface area contributed by atoms with Gasteiger partial charge in [0.2, 0.25) is 11.9 Å². The zero-order chi connectivity index (χ0) is 34.8. The number of hydrogen-bond donors (Lipinski definition) is 8. The highest BCUT2D eigenvalue weighted by Gasteiger charge is 2.48. The van der Waals surface area contributed by atoms with Crippen LogP contribution in [0.2, 0.25) is 0 Å². The molecule has 0 aromatic carbocycles. The molecule has 27 heteroatoms. The fourth-order valence-corrected chi connectivity index (χ4v) is 7.90. The van der Waals surface area contributed by atoms with Gasteiger partial charge in [0.15, 0.2) is 28.8 Å². The van der Waals surface area contributed by atoms with Crippen molar-refractivity contribution in [3.05, 3.63) is 16.7 Å². The van der Waals surface area contributed by atoms with Gasteiger partial charge < -0.3 is 60.4 Å². The minimum Gasteiger partial charge on any atom is -0.756 e. The molecule has 11 unspecified atom stereocenters. The Balaban J connectivity index is 1.40. The van der Waals surface area contributed by atoms with E-state index in [1.807, 2.05) is 0 Å². The maximum absolute atomic E-state index is 12.6. The number of aromatic nitrogens is 4. The van der Waals surface area contributed by atoms with Crippen molar-refractivity contribution in [1.29, 1.82) is 0 Å². The van der Waals surface area contributed by atoms with Crippen molar-refractivity contribution in [2.75, 3.05) is 24.7 Å². The molecule has 9 N–H and O–H groups in total. The predicted molar refractivity (Wildman–Crippen MR) is 152 cm³/mol. The third kappa shape index (κ3) is 9.16. The van der Waals surface area contributed by atoms with Crippen molar-refractivity contribution in [2.24, 2.45) is 0 Å². The van der Waals surface area contributed by atoms with E-state index in [2.05, 4.69) is 33.6 Å². The Kier molecular flexibility index (Phi) is 12.3. The van der Waals surface area contributed by atoms with Gasteiger partial charge in [0.1, 0.15) is 42.7 Å². The van der Waals surface area contributed by atoms with Crippen LogP contribution in [0.15, 0.2) is 11.1 Å². The van der Waals surface area contributed by atoms with E-state index in [9.17, 15) is 58.8 Å². The number of aromatic amines is 1. The molecule has 0 bridgehead atoms. The number of ether oxygens (including phenoxy) is 2. The van der Waals surface area contributed by atoms with E-state index in [0.29, 0.717) is 10.8 Å². The first-order valence-corrected chi connectivity index (χ1v) is 18.3. The number of nitrogen functional groups attached to an aromatic ring is 1. The molecule has 0 aliphatic carbocycles. The number of rotatable bonds is 13. The number of nitrogens with one attached hydrogen (secondary N) is 2. The second kappa shape index (κ2) is 15.2. The summed E-state index contributed by atoms with van der Waals surface area (Å²) < 4.78 is 49.8. The number of aliphatic hydroxyl groups is 5. The summed E-state index contributed by atoms with van der Waals surface area (Å²) in [6.07, 6.45) is -13.5. The van der Waals surface area contributed by atoms with Crippen molar-refractivity contribution in [3.63, 3.8) is 0 Å². The normalized spacial score (nSPS) is 32.1. The minimum absolute atomic E-state index is 0.152. The summed E-state index contributed by atoms with van der Waals surface area (Å²) in [4.78, 5) is 70.4. The molecule has 2 aromatic heterocycles. The molecule has 2 fully saturated rings. The molecule has 2 saturated heterocycles. The molecule has 1 amide bonds. The Morgan fingerprint density at radius 3 is 2.47 bits per heavy atom. The first kappa shape index (κ1) is 37.8. The lowest BCUT2D eigenvalue weighted by molar-refractivity contribution is -0.285. The molecule has 0 saturated carbocycles. The van der Waals surface area contributed by atoms with Gasteiger partial charge in [-0.25, -0.2) is 9.29 Å². The van der Waals surface area contributed by atoms with Gasteiger partial charge in [-0.1, -0.05) is 10.8 Å². The van der Waals surface area contributed by atoms with Crippen LogP contribution in [0, 0.1) is 0 Å². The molecule has 2 aliphatic heterocycles. The molecule has 4 rings (SSSR count). The summed E-state index contributed by atoms with van der Waals surface area (Å²) in [5.74, 6) is -1.58. The molecule has 11 atom stereocenters. The van der Waals surface area contributed by atoms with E-state index in [1.165, 1.54) is 6.92 Å². The second-order valence-corrected chi connectivity index (χ2v) is 15.2. The van der Waals surface area contributed by atoms with E-state index >= 15 is 0 Å². The van der Waals surface area contributed by atoms with Gasteiger partial charge in [-0.3, -0.25) is 37.6 Å². The van der Waals surface area contributed by atoms with Crippen molar-refractivity contribution in [2.45, 2.75) is 62.1 Å². The summed E-state index contributed by atoms with van der Waals surface area (Å²) >= 11 is 0. The number of phosphoric acid groups is 2. The maximum Gasteiger partial charge on any atom is 0.280 e. The van der Waals surface area contributed by atoms with Gasteiger partial charge in [0.05, 0.1) is 25.3 Å². The topological polar surface area (TPSA) is 363 Å². The molecule has 47 heavy (non-hydrogen) atoms. The summed E-state index contributed by atoms with van der Waals surface area (Å²) in [6.45, 7) is -0.856. The second-order valence-electron chi connectivity index (χ2n) is 9.84. The Labute approximate surface area is 270 Å². The van der Waals surface area contributed by atoms with E-state index < -0.39 is 95.5 Å². The average Bonchev–Trinajstić information content (AvgIpc) is 3.51. The van der Waals surface area contributed by atoms with Crippen LogP contribution in [0.5, 0.6) is 0 Å². The lowest BCUT2D eigenvalue weighted by atomic mass is 9.97. The van der Waals surface area contributed by atoms with Gasteiger partial charge in [0.25, 0.3) is 21.2 Å². The summed E-state index contributed by atoms with van der Waals surface area (Å²) in [5, 5.41) is 52.8. The predicted octanol–water partition coefficient (Wildman–Crippen LogP) is -4.84. The van der Waals surface area contributed by atoms with Gasteiger partial charge >= 0.3 is 0 Å². The van der Waals surface area contributed by atoms with Gasteiger partial charge in [-0.2, -0.15) is 4.98 Å².